The molecule has 22 heavy (non-hydrogen) atoms. The molecule has 1 aromatic carbocycles. The SMILES string of the molecule is CC1CN(C(=O)C2(c3cccc(Cl)c3)CCCC2)C(C)CO1. The lowest BCUT2D eigenvalue weighted by Gasteiger charge is -2.42. The van der Waals surface area contributed by atoms with E-state index < -0.39 is 5.41 Å². The second kappa shape index (κ2) is 6.21. The largest absolute Gasteiger partial charge is 0.375 e. The Morgan fingerprint density at radius 2 is 2.05 bits per heavy atom. The second-order valence-electron chi connectivity index (χ2n) is 6.75. The molecule has 3 nitrogen and oxygen atoms in total. The van der Waals surface area contributed by atoms with Crippen LogP contribution in [0.1, 0.15) is 45.1 Å². The van der Waals surface area contributed by atoms with Crippen LogP contribution in [0, 0.1) is 0 Å². The van der Waals surface area contributed by atoms with E-state index in [1.807, 2.05) is 30.0 Å². The van der Waals surface area contributed by atoms with E-state index in [9.17, 15) is 4.79 Å². The molecule has 2 aliphatic rings. The first-order valence-corrected chi connectivity index (χ1v) is 8.59. The van der Waals surface area contributed by atoms with Crippen LogP contribution < -0.4 is 0 Å². The van der Waals surface area contributed by atoms with Gasteiger partial charge in [-0.05, 0) is 44.4 Å². The van der Waals surface area contributed by atoms with E-state index in [2.05, 4.69) is 13.0 Å². The van der Waals surface area contributed by atoms with Crippen molar-refractivity contribution in [2.24, 2.45) is 0 Å². The van der Waals surface area contributed by atoms with Gasteiger partial charge in [0, 0.05) is 11.6 Å². The van der Waals surface area contributed by atoms with E-state index in [1.165, 1.54) is 0 Å². The number of carbonyl (C=O) groups excluding carboxylic acids is 1. The number of hydrogen-bond acceptors (Lipinski definition) is 2. The first-order chi connectivity index (χ1) is 10.5. The maximum Gasteiger partial charge on any atom is 0.233 e. The van der Waals surface area contributed by atoms with Gasteiger partial charge in [-0.25, -0.2) is 0 Å². The lowest BCUT2D eigenvalue weighted by Crippen LogP contribution is -2.55. The molecule has 0 N–H and O–H groups in total. The van der Waals surface area contributed by atoms with Gasteiger partial charge < -0.3 is 9.64 Å². The minimum absolute atomic E-state index is 0.109. The average Bonchev–Trinajstić information content (AvgIpc) is 3.00. The lowest BCUT2D eigenvalue weighted by atomic mass is 9.77. The fourth-order valence-electron chi connectivity index (χ4n) is 3.85. The van der Waals surface area contributed by atoms with Crippen molar-refractivity contribution < 1.29 is 9.53 Å². The summed E-state index contributed by atoms with van der Waals surface area (Å²) in [6.07, 6.45) is 4.16. The van der Waals surface area contributed by atoms with Crippen molar-refractivity contribution in [1.29, 1.82) is 0 Å². The molecule has 1 saturated carbocycles. The number of hydrogen-bond donors (Lipinski definition) is 0. The molecule has 4 heteroatoms. The van der Waals surface area contributed by atoms with Crippen LogP contribution in [0.2, 0.25) is 5.02 Å². The minimum atomic E-state index is -0.393. The second-order valence-corrected chi connectivity index (χ2v) is 7.19. The Kier molecular flexibility index (Phi) is 4.47. The van der Waals surface area contributed by atoms with E-state index in [-0.39, 0.29) is 18.1 Å². The van der Waals surface area contributed by atoms with Gasteiger partial charge >= 0.3 is 0 Å². The van der Waals surface area contributed by atoms with E-state index in [1.54, 1.807) is 0 Å². The maximum atomic E-state index is 13.4. The molecular formula is C18H24ClNO2. The molecule has 1 aliphatic carbocycles. The normalized spacial score (nSPS) is 27.9. The van der Waals surface area contributed by atoms with Gasteiger partial charge in [0.25, 0.3) is 0 Å². The van der Waals surface area contributed by atoms with Crippen molar-refractivity contribution in [1.82, 2.24) is 4.90 Å². The standard InChI is InChI=1S/C18H24ClNO2/c1-13-12-22-14(2)11-20(13)17(21)18(8-3-4-9-18)15-6-5-7-16(19)10-15/h5-7,10,13-14H,3-4,8-9,11-12H2,1-2H3. The van der Waals surface area contributed by atoms with Crippen LogP contribution in [0.4, 0.5) is 0 Å². The van der Waals surface area contributed by atoms with Crippen LogP contribution in [0.25, 0.3) is 0 Å². The van der Waals surface area contributed by atoms with Crippen LogP contribution in [0.5, 0.6) is 0 Å². The summed E-state index contributed by atoms with van der Waals surface area (Å²) >= 11 is 6.18. The highest BCUT2D eigenvalue weighted by atomic mass is 35.5. The summed E-state index contributed by atoms with van der Waals surface area (Å²) in [6.45, 7) is 5.41. The third-order valence-electron chi connectivity index (χ3n) is 5.11. The van der Waals surface area contributed by atoms with Crippen molar-refractivity contribution in [2.75, 3.05) is 13.2 Å². The molecule has 1 amide bonds. The monoisotopic (exact) mass is 321 g/mol. The van der Waals surface area contributed by atoms with E-state index >= 15 is 0 Å². The summed E-state index contributed by atoms with van der Waals surface area (Å²) in [5, 5.41) is 0.708. The highest BCUT2D eigenvalue weighted by Gasteiger charge is 2.46. The Hall–Kier alpha value is -1.06. The fraction of sp³-hybridized carbons (Fsp3) is 0.611. The topological polar surface area (TPSA) is 29.5 Å². The molecule has 3 rings (SSSR count). The van der Waals surface area contributed by atoms with Crippen molar-refractivity contribution in [3.8, 4) is 0 Å². The molecule has 2 fully saturated rings. The van der Waals surface area contributed by atoms with E-state index in [0.29, 0.717) is 18.2 Å². The molecule has 1 aliphatic heterocycles. The van der Waals surface area contributed by atoms with E-state index in [4.69, 9.17) is 16.3 Å². The van der Waals surface area contributed by atoms with Gasteiger partial charge in [-0.2, -0.15) is 0 Å². The van der Waals surface area contributed by atoms with Crippen molar-refractivity contribution >= 4 is 17.5 Å². The van der Waals surface area contributed by atoms with Gasteiger partial charge in [0.2, 0.25) is 5.91 Å². The minimum Gasteiger partial charge on any atom is -0.375 e. The Morgan fingerprint density at radius 3 is 2.73 bits per heavy atom. The third kappa shape index (κ3) is 2.77. The lowest BCUT2D eigenvalue weighted by molar-refractivity contribution is -0.149. The van der Waals surface area contributed by atoms with Crippen molar-refractivity contribution in [3.63, 3.8) is 0 Å². The zero-order valence-corrected chi connectivity index (χ0v) is 14.1. The number of ether oxygens (including phenoxy) is 1. The predicted octanol–water partition coefficient (Wildman–Crippen LogP) is 3.79. The van der Waals surface area contributed by atoms with Crippen LogP contribution >= 0.6 is 11.6 Å². The van der Waals surface area contributed by atoms with Crippen LogP contribution in [-0.2, 0) is 14.9 Å². The number of halogens is 1. The molecule has 120 valence electrons. The summed E-state index contributed by atoms with van der Waals surface area (Å²) in [5.74, 6) is 0.259. The summed E-state index contributed by atoms with van der Waals surface area (Å²) in [7, 11) is 0. The highest BCUT2D eigenvalue weighted by Crippen LogP contribution is 2.43. The number of rotatable bonds is 2. The number of morpholine rings is 1. The Balaban J connectivity index is 1.95. The quantitative estimate of drug-likeness (QED) is 0.829. The summed E-state index contributed by atoms with van der Waals surface area (Å²) in [4.78, 5) is 15.4. The van der Waals surface area contributed by atoms with Crippen LogP contribution in [0.3, 0.4) is 0 Å². The fourth-order valence-corrected chi connectivity index (χ4v) is 4.04. The van der Waals surface area contributed by atoms with Crippen molar-refractivity contribution in [3.05, 3.63) is 34.9 Å². The number of nitrogens with zero attached hydrogens (tertiary/aromatic N) is 1. The van der Waals surface area contributed by atoms with Gasteiger partial charge in [-0.15, -0.1) is 0 Å². The smallest absolute Gasteiger partial charge is 0.233 e. The van der Waals surface area contributed by atoms with Gasteiger partial charge in [0.15, 0.2) is 0 Å². The molecule has 0 bridgehead atoms. The van der Waals surface area contributed by atoms with Gasteiger partial charge in [0.05, 0.1) is 24.2 Å². The summed E-state index contributed by atoms with van der Waals surface area (Å²) in [6, 6.07) is 8.00. The molecular weight excluding hydrogens is 298 g/mol. The molecule has 2 unspecified atom stereocenters. The van der Waals surface area contributed by atoms with Crippen LogP contribution in [0.15, 0.2) is 24.3 Å². The highest BCUT2D eigenvalue weighted by molar-refractivity contribution is 6.30. The molecule has 0 radical (unpaired) electrons. The first-order valence-electron chi connectivity index (χ1n) is 8.22. The maximum absolute atomic E-state index is 13.4. The van der Waals surface area contributed by atoms with Gasteiger partial charge in [0.1, 0.15) is 0 Å². The van der Waals surface area contributed by atoms with Crippen LogP contribution in [-0.4, -0.2) is 36.1 Å². The zero-order valence-electron chi connectivity index (χ0n) is 13.3. The van der Waals surface area contributed by atoms with Gasteiger partial charge in [-0.1, -0.05) is 36.6 Å². The average molecular weight is 322 g/mol. The Morgan fingerprint density at radius 1 is 1.32 bits per heavy atom. The first kappa shape index (κ1) is 15.8. The summed E-state index contributed by atoms with van der Waals surface area (Å²) < 4.78 is 5.68. The molecule has 1 aromatic rings. The Labute approximate surface area is 137 Å². The van der Waals surface area contributed by atoms with Crippen molar-refractivity contribution in [2.45, 2.75) is 57.1 Å². The number of amides is 1. The van der Waals surface area contributed by atoms with Gasteiger partial charge in [-0.3, -0.25) is 4.79 Å². The number of carbonyl (C=O) groups is 1. The predicted molar refractivity (Wildman–Crippen MR) is 88.2 cm³/mol. The molecule has 1 heterocycles. The summed E-state index contributed by atoms with van der Waals surface area (Å²) in [5.41, 5.74) is 0.685. The molecule has 0 spiro atoms. The molecule has 0 aromatic heterocycles. The third-order valence-corrected chi connectivity index (χ3v) is 5.35. The zero-order chi connectivity index (χ0) is 15.7. The van der Waals surface area contributed by atoms with E-state index in [0.717, 1.165) is 31.2 Å². The Bertz CT molecular complexity index is 554. The number of benzene rings is 1. The molecule has 2 atom stereocenters. The molecule has 1 saturated heterocycles.